The summed E-state index contributed by atoms with van der Waals surface area (Å²) in [4.78, 5) is 12.3. The topological polar surface area (TPSA) is 26.3 Å². The van der Waals surface area contributed by atoms with Crippen LogP contribution in [-0.2, 0) is 6.42 Å². The van der Waals surface area contributed by atoms with Crippen molar-refractivity contribution in [1.82, 2.24) is 0 Å². The molecule has 0 bridgehead atoms. The van der Waals surface area contributed by atoms with E-state index in [1.165, 1.54) is 17.7 Å². The molecule has 0 aromatic heterocycles. The fourth-order valence-corrected chi connectivity index (χ4v) is 2.29. The van der Waals surface area contributed by atoms with Crippen LogP contribution < -0.4 is 4.74 Å². The van der Waals surface area contributed by atoms with Crippen LogP contribution in [0.1, 0.15) is 29.8 Å². The van der Waals surface area contributed by atoms with Crippen molar-refractivity contribution in [3.05, 3.63) is 63.9 Å². The summed E-state index contributed by atoms with van der Waals surface area (Å²) in [6.07, 6.45) is 0.179. The summed E-state index contributed by atoms with van der Waals surface area (Å²) in [5.74, 6) is -0.588. The van der Waals surface area contributed by atoms with Crippen molar-refractivity contribution in [2.45, 2.75) is 26.4 Å². The van der Waals surface area contributed by atoms with E-state index in [9.17, 15) is 9.18 Å². The minimum Gasteiger partial charge on any atom is -0.479 e. The number of Topliss-reactive ketones (excluding diaryl/α,β-unsaturated/α-hetero) is 1. The zero-order valence-electron chi connectivity index (χ0n) is 11.9. The van der Waals surface area contributed by atoms with Crippen molar-refractivity contribution in [3.8, 4) is 5.75 Å². The summed E-state index contributed by atoms with van der Waals surface area (Å²) >= 11 is 3.18. The summed E-state index contributed by atoms with van der Waals surface area (Å²) in [5.41, 5.74) is 1.73. The number of ketones is 1. The summed E-state index contributed by atoms with van der Waals surface area (Å²) in [6.45, 7) is 3.68. The zero-order chi connectivity index (χ0) is 15.4. The van der Waals surface area contributed by atoms with Crippen molar-refractivity contribution < 1.29 is 13.9 Å². The lowest BCUT2D eigenvalue weighted by atomic mass is 10.0. The van der Waals surface area contributed by atoms with Crippen molar-refractivity contribution in [2.75, 3.05) is 0 Å². The maximum Gasteiger partial charge on any atom is 0.202 e. The molecule has 2 aromatic rings. The molecular weight excluding hydrogens is 335 g/mol. The smallest absolute Gasteiger partial charge is 0.202 e. The van der Waals surface area contributed by atoms with Crippen LogP contribution in [0.2, 0.25) is 0 Å². The molecule has 0 radical (unpaired) electrons. The quantitative estimate of drug-likeness (QED) is 0.724. The highest BCUT2D eigenvalue weighted by Crippen LogP contribution is 2.23. The van der Waals surface area contributed by atoms with Gasteiger partial charge in [-0.15, -0.1) is 0 Å². The van der Waals surface area contributed by atoms with Gasteiger partial charge in [0, 0.05) is 10.0 Å². The second-order valence-electron chi connectivity index (χ2n) is 4.75. The van der Waals surface area contributed by atoms with E-state index >= 15 is 0 Å². The summed E-state index contributed by atoms with van der Waals surface area (Å²) in [5, 5.41) is 0. The van der Waals surface area contributed by atoms with Gasteiger partial charge in [0.1, 0.15) is 0 Å². The van der Waals surface area contributed by atoms with Crippen LogP contribution in [-0.4, -0.2) is 11.9 Å². The zero-order valence-corrected chi connectivity index (χ0v) is 13.5. The predicted molar refractivity (Wildman–Crippen MR) is 84.3 cm³/mol. The van der Waals surface area contributed by atoms with Crippen molar-refractivity contribution in [1.29, 1.82) is 0 Å². The van der Waals surface area contributed by atoms with Crippen LogP contribution in [0.5, 0.6) is 5.75 Å². The Kier molecular flexibility index (Phi) is 5.12. The van der Waals surface area contributed by atoms with Crippen LogP contribution >= 0.6 is 15.9 Å². The van der Waals surface area contributed by atoms with E-state index in [0.29, 0.717) is 10.0 Å². The summed E-state index contributed by atoms with van der Waals surface area (Å²) in [7, 11) is 0. The third-order valence-electron chi connectivity index (χ3n) is 3.21. The van der Waals surface area contributed by atoms with Gasteiger partial charge in [-0.1, -0.05) is 47.1 Å². The molecule has 0 spiro atoms. The number of benzene rings is 2. The predicted octanol–water partition coefficient (Wildman–Crippen LogP) is 4.80. The highest BCUT2D eigenvalue weighted by atomic mass is 79.9. The van der Waals surface area contributed by atoms with Crippen LogP contribution in [0.25, 0.3) is 0 Å². The molecule has 2 rings (SSSR count). The Morgan fingerprint density at radius 3 is 2.48 bits per heavy atom. The molecule has 110 valence electrons. The first-order chi connectivity index (χ1) is 10.0. The molecule has 1 atom stereocenters. The van der Waals surface area contributed by atoms with Gasteiger partial charge in [0.15, 0.2) is 17.7 Å². The normalized spacial score (nSPS) is 12.0. The van der Waals surface area contributed by atoms with E-state index in [1.54, 1.807) is 25.1 Å². The summed E-state index contributed by atoms with van der Waals surface area (Å²) in [6, 6.07) is 11.9. The molecule has 2 aromatic carbocycles. The standard InChI is InChI=1S/C17H16BrFO2/c1-3-12-4-6-13(7-5-12)17(20)11(2)21-16-9-8-14(18)10-15(16)19/h4-11H,3H2,1-2H3. The molecule has 1 unspecified atom stereocenters. The number of ether oxygens (including phenoxy) is 1. The van der Waals surface area contributed by atoms with Gasteiger partial charge in [-0.3, -0.25) is 4.79 Å². The van der Waals surface area contributed by atoms with Gasteiger partial charge < -0.3 is 4.74 Å². The molecule has 21 heavy (non-hydrogen) atoms. The number of halogens is 2. The second kappa shape index (κ2) is 6.85. The van der Waals surface area contributed by atoms with Gasteiger partial charge in [0.05, 0.1) is 0 Å². The Balaban J connectivity index is 2.11. The Labute approximate surface area is 132 Å². The molecule has 0 saturated heterocycles. The molecule has 0 aliphatic heterocycles. The number of hydrogen-bond donors (Lipinski definition) is 0. The Morgan fingerprint density at radius 1 is 1.24 bits per heavy atom. The van der Waals surface area contributed by atoms with Crippen LogP contribution in [0.4, 0.5) is 4.39 Å². The molecule has 0 saturated carbocycles. The fourth-order valence-electron chi connectivity index (χ4n) is 1.95. The van der Waals surface area contributed by atoms with Crippen LogP contribution in [0, 0.1) is 5.82 Å². The third kappa shape index (κ3) is 3.91. The van der Waals surface area contributed by atoms with Gasteiger partial charge in [-0.05, 0) is 37.1 Å². The lowest BCUT2D eigenvalue weighted by Crippen LogP contribution is -2.24. The number of hydrogen-bond acceptors (Lipinski definition) is 2. The van der Waals surface area contributed by atoms with Gasteiger partial charge in [0.2, 0.25) is 5.78 Å². The summed E-state index contributed by atoms with van der Waals surface area (Å²) < 4.78 is 19.8. The van der Waals surface area contributed by atoms with E-state index in [1.807, 2.05) is 12.1 Å². The molecular formula is C17H16BrFO2. The van der Waals surface area contributed by atoms with E-state index in [0.717, 1.165) is 6.42 Å². The average Bonchev–Trinajstić information content (AvgIpc) is 2.49. The van der Waals surface area contributed by atoms with Gasteiger partial charge >= 0.3 is 0 Å². The molecule has 2 nitrogen and oxygen atoms in total. The molecule has 0 amide bonds. The first kappa shape index (κ1) is 15.7. The average molecular weight is 351 g/mol. The maximum atomic E-state index is 13.7. The number of aryl methyl sites for hydroxylation is 1. The number of carbonyl (C=O) groups excluding carboxylic acids is 1. The third-order valence-corrected chi connectivity index (χ3v) is 3.71. The van der Waals surface area contributed by atoms with Gasteiger partial charge in [-0.25, -0.2) is 4.39 Å². The Morgan fingerprint density at radius 2 is 1.90 bits per heavy atom. The first-order valence-electron chi connectivity index (χ1n) is 6.76. The lowest BCUT2D eigenvalue weighted by molar-refractivity contribution is 0.0812. The van der Waals surface area contributed by atoms with Crippen molar-refractivity contribution >= 4 is 21.7 Å². The number of carbonyl (C=O) groups is 1. The molecule has 0 heterocycles. The SMILES string of the molecule is CCc1ccc(C(=O)C(C)Oc2ccc(Br)cc2F)cc1. The van der Waals surface area contributed by atoms with Gasteiger partial charge in [0.25, 0.3) is 0 Å². The van der Waals surface area contributed by atoms with Crippen molar-refractivity contribution in [3.63, 3.8) is 0 Å². The van der Waals surface area contributed by atoms with E-state index < -0.39 is 11.9 Å². The minimum atomic E-state index is -0.742. The van der Waals surface area contributed by atoms with E-state index in [2.05, 4.69) is 22.9 Å². The van der Waals surface area contributed by atoms with E-state index in [-0.39, 0.29) is 11.5 Å². The maximum absolute atomic E-state index is 13.7. The highest BCUT2D eigenvalue weighted by Gasteiger charge is 2.18. The molecule has 0 aliphatic rings. The Bertz CT molecular complexity index is 638. The minimum absolute atomic E-state index is 0.0734. The van der Waals surface area contributed by atoms with E-state index in [4.69, 9.17) is 4.74 Å². The largest absolute Gasteiger partial charge is 0.479 e. The molecule has 0 fully saturated rings. The first-order valence-corrected chi connectivity index (χ1v) is 7.55. The van der Waals surface area contributed by atoms with Gasteiger partial charge in [-0.2, -0.15) is 0 Å². The highest BCUT2D eigenvalue weighted by molar-refractivity contribution is 9.10. The lowest BCUT2D eigenvalue weighted by Gasteiger charge is -2.14. The monoisotopic (exact) mass is 350 g/mol. The van der Waals surface area contributed by atoms with Crippen LogP contribution in [0.15, 0.2) is 46.9 Å². The van der Waals surface area contributed by atoms with Crippen LogP contribution in [0.3, 0.4) is 0 Å². The molecule has 0 N–H and O–H groups in total. The second-order valence-corrected chi connectivity index (χ2v) is 5.67. The molecule has 0 aliphatic carbocycles. The fraction of sp³-hybridized carbons (Fsp3) is 0.235. The molecule has 4 heteroatoms. The van der Waals surface area contributed by atoms with Crippen molar-refractivity contribution in [2.24, 2.45) is 0 Å². The number of rotatable bonds is 5. The Hall–Kier alpha value is -1.68.